The van der Waals surface area contributed by atoms with E-state index in [2.05, 4.69) is 42.5 Å². The Hall–Kier alpha value is -1.65. The molecule has 0 aliphatic heterocycles. The van der Waals surface area contributed by atoms with Gasteiger partial charge in [0.2, 0.25) is 0 Å². The quantitative estimate of drug-likeness (QED) is 0.411. The van der Waals surface area contributed by atoms with E-state index in [1.165, 1.54) is 4.90 Å². The van der Waals surface area contributed by atoms with Crippen LogP contribution in [0.4, 0.5) is 17.1 Å². The molecule has 1 N–H and O–H groups in total. The Labute approximate surface area is 147 Å². The van der Waals surface area contributed by atoms with Crippen LogP contribution in [-0.4, -0.2) is 31.1 Å². The smallest absolute Gasteiger partial charge is 0.0910 e. The number of rotatable bonds is 6. The number of hydrogen-bond donors (Lipinski definition) is 1. The molecule has 0 bridgehead atoms. The third kappa shape index (κ3) is 4.66. The first-order valence-electron chi connectivity index (χ1n) is 7.49. The van der Waals surface area contributed by atoms with Gasteiger partial charge >= 0.3 is 0 Å². The van der Waals surface area contributed by atoms with Gasteiger partial charge in [-0.05, 0) is 49.9 Å². The van der Waals surface area contributed by atoms with Gasteiger partial charge in [0, 0.05) is 24.2 Å². The molecule has 0 saturated heterocycles. The molecule has 23 heavy (non-hydrogen) atoms. The van der Waals surface area contributed by atoms with Crippen molar-refractivity contribution in [3.8, 4) is 0 Å². The number of aryl methyl sites for hydroxylation is 1. The fraction of sp³-hybridized carbons (Fsp3) is 0.278. The van der Waals surface area contributed by atoms with E-state index < -0.39 is 0 Å². The Balaban J connectivity index is 2.28. The number of benzene rings is 2. The molecule has 0 aromatic heterocycles. The number of para-hydroxylation sites is 1. The lowest BCUT2D eigenvalue weighted by molar-refractivity contribution is 0.552. The van der Waals surface area contributed by atoms with Crippen LogP contribution in [0, 0.1) is 6.92 Å². The summed E-state index contributed by atoms with van der Waals surface area (Å²) in [7, 11) is 1.99. The maximum absolute atomic E-state index is 6.39. The molecule has 0 amide bonds. The highest BCUT2D eigenvalue weighted by molar-refractivity contribution is 7.98. The molecule has 0 aliphatic carbocycles. The first kappa shape index (κ1) is 17.7. The van der Waals surface area contributed by atoms with E-state index >= 15 is 0 Å². The molecule has 5 heteroatoms. The second-order valence-corrected chi connectivity index (χ2v) is 6.52. The van der Waals surface area contributed by atoms with Crippen molar-refractivity contribution in [2.75, 3.05) is 25.2 Å². The van der Waals surface area contributed by atoms with Crippen molar-refractivity contribution in [2.45, 2.75) is 18.7 Å². The second kappa shape index (κ2) is 8.27. The minimum Gasteiger partial charge on any atom is -0.366 e. The largest absolute Gasteiger partial charge is 0.366 e. The molecule has 2 rings (SSSR count). The lowest BCUT2D eigenvalue weighted by Crippen LogP contribution is -2.14. The molecule has 2 aromatic carbocycles. The average Bonchev–Trinajstić information content (AvgIpc) is 2.56. The summed E-state index contributed by atoms with van der Waals surface area (Å²) >= 11 is 8.11. The van der Waals surface area contributed by atoms with Gasteiger partial charge in [0.1, 0.15) is 0 Å². The summed E-state index contributed by atoms with van der Waals surface area (Å²) in [5.74, 6) is 0. The minimum absolute atomic E-state index is 0.639. The monoisotopic (exact) mass is 347 g/mol. The molecule has 0 saturated carbocycles. The standard InChI is InChI=1S/C18H22ClN3S/c1-5-22(3)12-20-17-10-13(2)16(11-14(17)19)21-15-8-6-7-9-18(15)23-4/h6-12,21H,5H2,1-4H3. The minimum atomic E-state index is 0.639. The van der Waals surface area contributed by atoms with E-state index in [-0.39, 0.29) is 0 Å². The van der Waals surface area contributed by atoms with Crippen LogP contribution in [-0.2, 0) is 0 Å². The van der Waals surface area contributed by atoms with Gasteiger partial charge in [-0.25, -0.2) is 4.99 Å². The fourth-order valence-electron chi connectivity index (χ4n) is 2.04. The lowest BCUT2D eigenvalue weighted by atomic mass is 10.1. The van der Waals surface area contributed by atoms with Crippen LogP contribution >= 0.6 is 23.4 Å². The van der Waals surface area contributed by atoms with Crippen molar-refractivity contribution in [3.05, 3.63) is 47.0 Å². The third-order valence-corrected chi connectivity index (χ3v) is 4.66. The molecular formula is C18H22ClN3S. The predicted molar refractivity (Wildman–Crippen MR) is 104 cm³/mol. The van der Waals surface area contributed by atoms with Gasteiger partial charge in [0.05, 0.1) is 22.7 Å². The zero-order valence-electron chi connectivity index (χ0n) is 13.9. The maximum atomic E-state index is 6.39. The predicted octanol–water partition coefficient (Wildman–Crippen LogP) is 5.73. The molecule has 122 valence electrons. The van der Waals surface area contributed by atoms with Gasteiger partial charge < -0.3 is 10.2 Å². The summed E-state index contributed by atoms with van der Waals surface area (Å²) < 4.78 is 0. The van der Waals surface area contributed by atoms with Crippen LogP contribution in [0.25, 0.3) is 0 Å². The first-order valence-corrected chi connectivity index (χ1v) is 9.10. The number of halogens is 1. The van der Waals surface area contributed by atoms with E-state index in [9.17, 15) is 0 Å². The number of nitrogens with zero attached hydrogens (tertiary/aromatic N) is 2. The molecule has 0 aliphatic rings. The van der Waals surface area contributed by atoms with E-state index in [0.29, 0.717) is 5.02 Å². The van der Waals surface area contributed by atoms with Crippen molar-refractivity contribution in [1.82, 2.24) is 4.90 Å². The molecule has 0 fully saturated rings. The summed E-state index contributed by atoms with van der Waals surface area (Å²) in [6.07, 6.45) is 3.87. The number of hydrogen-bond acceptors (Lipinski definition) is 3. The van der Waals surface area contributed by atoms with Crippen molar-refractivity contribution in [3.63, 3.8) is 0 Å². The molecular weight excluding hydrogens is 326 g/mol. The zero-order valence-corrected chi connectivity index (χ0v) is 15.5. The van der Waals surface area contributed by atoms with Crippen molar-refractivity contribution >= 4 is 46.8 Å². The molecule has 0 spiro atoms. The van der Waals surface area contributed by atoms with Gasteiger partial charge in [-0.3, -0.25) is 0 Å². The molecule has 0 heterocycles. The third-order valence-electron chi connectivity index (χ3n) is 3.56. The van der Waals surface area contributed by atoms with Crippen LogP contribution in [0.5, 0.6) is 0 Å². The summed E-state index contributed by atoms with van der Waals surface area (Å²) in [6, 6.07) is 12.2. The van der Waals surface area contributed by atoms with Crippen LogP contribution in [0.1, 0.15) is 12.5 Å². The summed E-state index contributed by atoms with van der Waals surface area (Å²) in [6.45, 7) is 5.04. The van der Waals surface area contributed by atoms with Crippen molar-refractivity contribution in [1.29, 1.82) is 0 Å². The van der Waals surface area contributed by atoms with Gasteiger partial charge in [-0.1, -0.05) is 23.7 Å². The summed E-state index contributed by atoms with van der Waals surface area (Å²) in [5, 5.41) is 4.11. The Morgan fingerprint density at radius 2 is 2.00 bits per heavy atom. The van der Waals surface area contributed by atoms with Gasteiger partial charge in [-0.15, -0.1) is 11.8 Å². The second-order valence-electron chi connectivity index (χ2n) is 5.26. The Morgan fingerprint density at radius 1 is 1.26 bits per heavy atom. The van der Waals surface area contributed by atoms with Gasteiger partial charge in [0.25, 0.3) is 0 Å². The van der Waals surface area contributed by atoms with E-state index in [1.807, 2.05) is 36.2 Å². The summed E-state index contributed by atoms with van der Waals surface area (Å²) in [4.78, 5) is 7.67. The van der Waals surface area contributed by atoms with Crippen molar-refractivity contribution < 1.29 is 0 Å². The van der Waals surface area contributed by atoms with Crippen LogP contribution in [0.2, 0.25) is 5.02 Å². The number of aliphatic imine (C=N–C) groups is 1. The summed E-state index contributed by atoms with van der Waals surface area (Å²) in [5.41, 5.74) is 3.98. The average molecular weight is 348 g/mol. The molecule has 3 nitrogen and oxygen atoms in total. The van der Waals surface area contributed by atoms with E-state index in [0.717, 1.165) is 29.2 Å². The highest BCUT2D eigenvalue weighted by Crippen LogP contribution is 2.34. The van der Waals surface area contributed by atoms with Crippen LogP contribution in [0.3, 0.4) is 0 Å². The topological polar surface area (TPSA) is 27.6 Å². The zero-order chi connectivity index (χ0) is 16.8. The van der Waals surface area contributed by atoms with E-state index in [4.69, 9.17) is 11.6 Å². The number of anilines is 2. The number of thioether (sulfide) groups is 1. The van der Waals surface area contributed by atoms with Gasteiger partial charge in [0.15, 0.2) is 0 Å². The first-order chi connectivity index (χ1) is 11.0. The van der Waals surface area contributed by atoms with Crippen molar-refractivity contribution in [2.24, 2.45) is 4.99 Å². The van der Waals surface area contributed by atoms with Gasteiger partial charge in [-0.2, -0.15) is 0 Å². The maximum Gasteiger partial charge on any atom is 0.0910 e. The Morgan fingerprint density at radius 3 is 2.70 bits per heavy atom. The Kier molecular flexibility index (Phi) is 6.37. The SMILES string of the molecule is CCN(C)C=Nc1cc(C)c(Nc2ccccc2SC)cc1Cl. The van der Waals surface area contributed by atoms with E-state index in [1.54, 1.807) is 18.1 Å². The number of nitrogens with one attached hydrogen (secondary N) is 1. The highest BCUT2D eigenvalue weighted by atomic mass is 35.5. The molecule has 2 aromatic rings. The fourth-order valence-corrected chi connectivity index (χ4v) is 2.80. The van der Waals surface area contributed by atoms with Crippen LogP contribution < -0.4 is 5.32 Å². The molecule has 0 radical (unpaired) electrons. The van der Waals surface area contributed by atoms with Crippen LogP contribution in [0.15, 0.2) is 46.3 Å². The molecule has 0 unspecified atom stereocenters. The lowest BCUT2D eigenvalue weighted by Gasteiger charge is -2.14. The Bertz CT molecular complexity index is 701. The highest BCUT2D eigenvalue weighted by Gasteiger charge is 2.07. The molecule has 0 atom stereocenters. The normalized spacial score (nSPS) is 11.0.